The van der Waals surface area contributed by atoms with Crippen molar-refractivity contribution in [3.8, 4) is 0 Å². The maximum Gasteiger partial charge on any atom is 0.241 e. The molecule has 0 bridgehead atoms. The Balaban J connectivity index is 1.80. The van der Waals surface area contributed by atoms with Gasteiger partial charge in [-0.3, -0.25) is 4.79 Å². The lowest BCUT2D eigenvalue weighted by Crippen LogP contribution is -2.35. The predicted molar refractivity (Wildman–Crippen MR) is 137 cm³/mol. The number of hydrogen-bond acceptors (Lipinski definition) is 4. The fourth-order valence-corrected chi connectivity index (χ4v) is 5.91. The van der Waals surface area contributed by atoms with Crippen LogP contribution in [0.4, 0.5) is 4.39 Å². The van der Waals surface area contributed by atoms with Crippen molar-refractivity contribution in [2.24, 2.45) is 0 Å². The SMILES string of the molecule is Cc1ccc(S(=O)(=O)N[C@H](c2ccccc2)[C@@H](C(=O)Sc2ccccc2)c2ccc(F)cc2)cc1. The van der Waals surface area contributed by atoms with Gasteiger partial charge in [0.05, 0.1) is 16.9 Å². The number of nitrogens with one attached hydrogen (secondary N) is 1. The molecule has 7 heteroatoms. The van der Waals surface area contributed by atoms with Crippen molar-refractivity contribution in [1.82, 2.24) is 4.72 Å². The zero-order chi connectivity index (χ0) is 24.8. The van der Waals surface area contributed by atoms with Crippen molar-refractivity contribution in [2.75, 3.05) is 0 Å². The average molecular weight is 506 g/mol. The summed E-state index contributed by atoms with van der Waals surface area (Å²) in [6.45, 7) is 1.88. The molecule has 0 amide bonds. The van der Waals surface area contributed by atoms with Crippen LogP contribution in [0.1, 0.15) is 28.7 Å². The lowest BCUT2D eigenvalue weighted by Gasteiger charge is -2.28. The smallest absolute Gasteiger partial charge is 0.241 e. The first-order chi connectivity index (χ1) is 16.8. The summed E-state index contributed by atoms with van der Waals surface area (Å²) in [6, 6.07) is 29.3. The standard InChI is InChI=1S/C28H24FNO3S2/c1-20-12-18-25(19-13-20)35(32,33)30-27(22-8-4-2-5-9-22)26(21-14-16-23(29)17-15-21)28(31)34-24-10-6-3-7-11-24/h2-19,26-27,30H,1H3/t26-,27+/m0/s1. The summed E-state index contributed by atoms with van der Waals surface area (Å²) in [5, 5.41) is -0.261. The molecule has 0 spiro atoms. The first-order valence-electron chi connectivity index (χ1n) is 11.0. The highest BCUT2D eigenvalue weighted by molar-refractivity contribution is 8.13. The van der Waals surface area contributed by atoms with Crippen LogP contribution in [-0.2, 0) is 14.8 Å². The number of benzene rings is 4. The molecule has 0 aliphatic rings. The quantitative estimate of drug-likeness (QED) is 0.287. The Morgan fingerprint density at radius 2 is 1.34 bits per heavy atom. The Labute approximate surface area is 209 Å². The van der Waals surface area contributed by atoms with Crippen LogP contribution < -0.4 is 4.72 Å². The Bertz CT molecular complexity index is 1380. The summed E-state index contributed by atoms with van der Waals surface area (Å²) in [4.78, 5) is 14.6. The van der Waals surface area contributed by atoms with E-state index in [2.05, 4.69) is 4.72 Å². The Kier molecular flexibility index (Phi) is 7.80. The van der Waals surface area contributed by atoms with Gasteiger partial charge >= 0.3 is 0 Å². The van der Waals surface area contributed by atoms with Gasteiger partial charge in [-0.25, -0.2) is 17.5 Å². The van der Waals surface area contributed by atoms with E-state index in [-0.39, 0.29) is 10.0 Å². The molecule has 0 fully saturated rings. The number of halogens is 1. The van der Waals surface area contributed by atoms with Gasteiger partial charge in [-0.15, -0.1) is 0 Å². The third kappa shape index (κ3) is 6.25. The maximum absolute atomic E-state index is 13.7. The van der Waals surface area contributed by atoms with E-state index in [0.29, 0.717) is 11.1 Å². The van der Waals surface area contributed by atoms with Gasteiger partial charge in [-0.1, -0.05) is 90.1 Å². The van der Waals surface area contributed by atoms with Gasteiger partial charge in [0.15, 0.2) is 0 Å². The number of sulfonamides is 1. The predicted octanol–water partition coefficient (Wildman–Crippen LogP) is 6.26. The number of aryl methyl sites for hydroxylation is 1. The number of carbonyl (C=O) groups is 1. The van der Waals surface area contributed by atoms with Crippen LogP contribution in [0.2, 0.25) is 0 Å². The molecular formula is C28H24FNO3S2. The van der Waals surface area contributed by atoms with Crippen molar-refractivity contribution in [3.63, 3.8) is 0 Å². The monoisotopic (exact) mass is 505 g/mol. The minimum absolute atomic E-state index is 0.102. The minimum atomic E-state index is -3.98. The van der Waals surface area contributed by atoms with Gasteiger partial charge < -0.3 is 0 Å². The van der Waals surface area contributed by atoms with Crippen LogP contribution in [0.25, 0.3) is 0 Å². The third-order valence-corrected chi connectivity index (χ3v) is 7.97. The van der Waals surface area contributed by atoms with Gasteiger partial charge in [0.25, 0.3) is 0 Å². The highest BCUT2D eigenvalue weighted by atomic mass is 32.2. The molecule has 0 unspecified atom stereocenters. The van der Waals surface area contributed by atoms with Crippen LogP contribution in [-0.4, -0.2) is 13.5 Å². The molecule has 2 atom stereocenters. The largest absolute Gasteiger partial charge is 0.286 e. The van der Waals surface area contributed by atoms with E-state index >= 15 is 0 Å². The van der Waals surface area contributed by atoms with Gasteiger partial charge in [0.1, 0.15) is 5.82 Å². The number of rotatable bonds is 8. The molecular weight excluding hydrogens is 481 g/mol. The Morgan fingerprint density at radius 3 is 1.94 bits per heavy atom. The Hall–Kier alpha value is -3.26. The topological polar surface area (TPSA) is 63.2 Å². The highest BCUT2D eigenvalue weighted by Crippen LogP contribution is 2.38. The molecule has 0 aliphatic carbocycles. The van der Waals surface area contributed by atoms with Crippen molar-refractivity contribution in [3.05, 3.63) is 132 Å². The fourth-order valence-electron chi connectivity index (χ4n) is 3.74. The van der Waals surface area contributed by atoms with Crippen LogP contribution in [0.3, 0.4) is 0 Å². The van der Waals surface area contributed by atoms with Crippen LogP contribution >= 0.6 is 11.8 Å². The first-order valence-corrected chi connectivity index (χ1v) is 13.3. The van der Waals surface area contributed by atoms with Crippen LogP contribution in [0.15, 0.2) is 119 Å². The molecule has 0 saturated heterocycles. The van der Waals surface area contributed by atoms with E-state index in [9.17, 15) is 17.6 Å². The van der Waals surface area contributed by atoms with E-state index < -0.39 is 27.8 Å². The molecule has 0 heterocycles. The van der Waals surface area contributed by atoms with E-state index in [1.807, 2.05) is 43.3 Å². The lowest BCUT2D eigenvalue weighted by molar-refractivity contribution is -0.112. The second-order valence-corrected chi connectivity index (χ2v) is 10.9. The third-order valence-electron chi connectivity index (χ3n) is 5.55. The molecule has 4 nitrogen and oxygen atoms in total. The summed E-state index contributed by atoms with van der Waals surface area (Å²) < 4.78 is 43.3. The average Bonchev–Trinajstić information content (AvgIpc) is 2.86. The lowest BCUT2D eigenvalue weighted by atomic mass is 9.88. The Morgan fingerprint density at radius 1 is 0.771 bits per heavy atom. The van der Waals surface area contributed by atoms with E-state index in [0.717, 1.165) is 22.2 Å². The van der Waals surface area contributed by atoms with Crippen molar-refractivity contribution in [1.29, 1.82) is 0 Å². The molecule has 4 rings (SSSR count). The van der Waals surface area contributed by atoms with Crippen LogP contribution in [0, 0.1) is 12.7 Å². The fraction of sp³-hybridized carbons (Fsp3) is 0.107. The van der Waals surface area contributed by atoms with Gasteiger partial charge in [0.2, 0.25) is 15.1 Å². The van der Waals surface area contributed by atoms with Crippen molar-refractivity contribution >= 4 is 26.9 Å². The van der Waals surface area contributed by atoms with Gasteiger partial charge in [0, 0.05) is 4.90 Å². The molecule has 178 valence electrons. The van der Waals surface area contributed by atoms with Crippen LogP contribution in [0.5, 0.6) is 0 Å². The number of thioether (sulfide) groups is 1. The number of carbonyl (C=O) groups excluding carboxylic acids is 1. The molecule has 1 N–H and O–H groups in total. The van der Waals surface area contributed by atoms with Crippen molar-refractivity contribution < 1.29 is 17.6 Å². The second kappa shape index (κ2) is 11.0. The molecule has 0 aromatic heterocycles. The minimum Gasteiger partial charge on any atom is -0.286 e. The summed E-state index contributed by atoms with van der Waals surface area (Å²) in [5.74, 6) is -1.35. The highest BCUT2D eigenvalue weighted by Gasteiger charge is 2.35. The van der Waals surface area contributed by atoms with E-state index in [1.54, 1.807) is 36.4 Å². The normalized spacial score (nSPS) is 13.2. The number of hydrogen-bond donors (Lipinski definition) is 1. The molecule has 0 radical (unpaired) electrons. The molecule has 35 heavy (non-hydrogen) atoms. The molecule has 0 saturated carbocycles. The van der Waals surface area contributed by atoms with E-state index in [4.69, 9.17) is 0 Å². The van der Waals surface area contributed by atoms with E-state index in [1.165, 1.54) is 36.4 Å². The molecule has 4 aromatic carbocycles. The zero-order valence-electron chi connectivity index (χ0n) is 19.0. The van der Waals surface area contributed by atoms with Gasteiger partial charge in [-0.05, 0) is 54.4 Å². The van der Waals surface area contributed by atoms with Crippen molar-refractivity contribution in [2.45, 2.75) is 28.7 Å². The van der Waals surface area contributed by atoms with Gasteiger partial charge in [-0.2, -0.15) is 0 Å². The zero-order valence-corrected chi connectivity index (χ0v) is 20.6. The molecule has 0 aliphatic heterocycles. The first kappa shape index (κ1) is 24.9. The maximum atomic E-state index is 13.7. The summed E-state index contributed by atoms with van der Waals surface area (Å²) in [6.07, 6.45) is 0. The molecule has 4 aromatic rings. The summed E-state index contributed by atoms with van der Waals surface area (Å²) in [5.41, 5.74) is 2.07. The summed E-state index contributed by atoms with van der Waals surface area (Å²) in [7, 11) is -3.98. The summed E-state index contributed by atoms with van der Waals surface area (Å²) >= 11 is 1.03. The second-order valence-electron chi connectivity index (χ2n) is 8.09.